The maximum absolute atomic E-state index is 6.36. The Labute approximate surface area is 330 Å². The van der Waals surface area contributed by atoms with Crippen molar-refractivity contribution in [3.63, 3.8) is 0 Å². The lowest BCUT2D eigenvalue weighted by Crippen LogP contribution is -2.26. The summed E-state index contributed by atoms with van der Waals surface area (Å²) in [6.45, 7) is 4.97. The van der Waals surface area contributed by atoms with Crippen molar-refractivity contribution < 1.29 is 4.74 Å². The number of fused-ring (bicyclic) bond motifs is 5. The molecule has 1 heteroatoms. The van der Waals surface area contributed by atoms with Gasteiger partial charge in [0.2, 0.25) is 0 Å². The predicted octanol–water partition coefficient (Wildman–Crippen LogP) is 14.2. The highest BCUT2D eigenvalue weighted by Crippen LogP contribution is 2.55. The van der Waals surface area contributed by atoms with Gasteiger partial charge in [0.1, 0.15) is 11.9 Å². The van der Waals surface area contributed by atoms with Crippen molar-refractivity contribution in [2.45, 2.75) is 127 Å². The Bertz CT molecular complexity index is 2170. The maximum atomic E-state index is 6.36. The minimum absolute atomic E-state index is 0.134. The van der Waals surface area contributed by atoms with Gasteiger partial charge in [0, 0.05) is 16.9 Å². The van der Waals surface area contributed by atoms with E-state index in [9.17, 15) is 0 Å². The monoisotopic (exact) mass is 722 g/mol. The number of hydrogen-bond acceptors (Lipinski definition) is 1. The maximum Gasteiger partial charge on any atom is 0.123 e. The van der Waals surface area contributed by atoms with E-state index >= 15 is 0 Å². The van der Waals surface area contributed by atoms with E-state index in [-0.39, 0.29) is 5.41 Å². The second-order valence-electron chi connectivity index (χ2n) is 18.4. The summed E-state index contributed by atoms with van der Waals surface area (Å²) in [5, 5.41) is 0. The molecule has 55 heavy (non-hydrogen) atoms. The van der Waals surface area contributed by atoms with Gasteiger partial charge in [-0.15, -0.1) is 0 Å². The van der Waals surface area contributed by atoms with Gasteiger partial charge >= 0.3 is 0 Å². The van der Waals surface area contributed by atoms with Crippen LogP contribution in [0.5, 0.6) is 5.75 Å². The van der Waals surface area contributed by atoms with Crippen LogP contribution < -0.4 is 4.74 Å². The normalized spacial score (nSPS) is 26.9. The van der Waals surface area contributed by atoms with E-state index in [1.807, 2.05) is 0 Å². The molecular weight excluding hydrogens is 665 g/mol. The Morgan fingerprint density at radius 1 is 0.764 bits per heavy atom. The zero-order valence-electron chi connectivity index (χ0n) is 33.1. The van der Waals surface area contributed by atoms with Crippen molar-refractivity contribution in [1.29, 1.82) is 0 Å². The van der Waals surface area contributed by atoms with Crippen LogP contribution in [-0.4, -0.2) is 6.10 Å². The van der Waals surface area contributed by atoms with Gasteiger partial charge in [-0.3, -0.25) is 0 Å². The summed E-state index contributed by atoms with van der Waals surface area (Å²) in [5.74, 6) is 4.19. The number of benzene rings is 4. The Kier molecular flexibility index (Phi) is 9.32. The smallest absolute Gasteiger partial charge is 0.123 e. The molecule has 0 amide bonds. The third kappa shape index (κ3) is 6.60. The number of rotatable bonds is 8. The summed E-state index contributed by atoms with van der Waals surface area (Å²) in [6, 6.07) is 37.4. The van der Waals surface area contributed by atoms with Crippen molar-refractivity contribution in [2.75, 3.05) is 0 Å². The number of aryl methyl sites for hydroxylation is 1. The summed E-state index contributed by atoms with van der Waals surface area (Å²) in [6.07, 6.45) is 26.1. The number of allylic oxidation sites excluding steroid dienone is 7. The topological polar surface area (TPSA) is 9.23 Å². The molecule has 1 nitrogen and oxygen atoms in total. The van der Waals surface area contributed by atoms with E-state index in [1.165, 1.54) is 91.2 Å². The molecule has 1 fully saturated rings. The van der Waals surface area contributed by atoms with Crippen molar-refractivity contribution in [3.8, 4) is 5.75 Å². The molecule has 0 saturated heterocycles. The zero-order valence-corrected chi connectivity index (χ0v) is 33.1. The van der Waals surface area contributed by atoms with Crippen molar-refractivity contribution in [2.24, 2.45) is 11.8 Å². The van der Waals surface area contributed by atoms with Gasteiger partial charge in [0.05, 0.1) is 0 Å². The lowest BCUT2D eigenvalue weighted by atomic mass is 9.67. The lowest BCUT2D eigenvalue weighted by Gasteiger charge is -2.37. The molecule has 1 heterocycles. The quantitative estimate of drug-likeness (QED) is 0.165. The summed E-state index contributed by atoms with van der Waals surface area (Å²) in [4.78, 5) is 0. The molecular formula is C54H58O. The molecule has 0 aromatic heterocycles. The Balaban J connectivity index is 0.853. The highest BCUT2D eigenvalue weighted by atomic mass is 16.5. The molecule has 10 rings (SSSR count). The molecule has 0 radical (unpaired) electrons. The molecule has 6 aliphatic rings. The van der Waals surface area contributed by atoms with E-state index in [1.54, 1.807) is 27.8 Å². The first-order valence-corrected chi connectivity index (χ1v) is 21.8. The summed E-state index contributed by atoms with van der Waals surface area (Å²) in [5.41, 5.74) is 17.2. The molecule has 6 atom stereocenters. The molecule has 4 aromatic carbocycles. The van der Waals surface area contributed by atoms with E-state index in [0.29, 0.717) is 35.7 Å². The van der Waals surface area contributed by atoms with Crippen LogP contribution in [0.15, 0.2) is 133 Å². The molecule has 280 valence electrons. The van der Waals surface area contributed by atoms with Gasteiger partial charge in [0.25, 0.3) is 0 Å². The highest BCUT2D eigenvalue weighted by Gasteiger charge is 2.42. The second kappa shape index (κ2) is 14.6. The first-order chi connectivity index (χ1) is 27.0. The van der Waals surface area contributed by atoms with E-state index in [4.69, 9.17) is 4.74 Å². The van der Waals surface area contributed by atoms with Crippen molar-refractivity contribution in [3.05, 3.63) is 171 Å². The van der Waals surface area contributed by atoms with Crippen LogP contribution in [0.2, 0.25) is 0 Å². The van der Waals surface area contributed by atoms with Crippen molar-refractivity contribution >= 4 is 11.1 Å². The van der Waals surface area contributed by atoms with Gasteiger partial charge in [-0.2, -0.15) is 0 Å². The largest absolute Gasteiger partial charge is 0.489 e. The fraction of sp³-hybridized carbons (Fsp3) is 0.407. The molecule has 4 aromatic rings. The van der Waals surface area contributed by atoms with Gasteiger partial charge in [0.15, 0.2) is 0 Å². The predicted molar refractivity (Wildman–Crippen MR) is 230 cm³/mol. The van der Waals surface area contributed by atoms with Crippen LogP contribution in [0.1, 0.15) is 148 Å². The van der Waals surface area contributed by atoms with E-state index in [0.717, 1.165) is 31.4 Å². The standard InChI is InChI=1S/C54H58O/c1-54(2)50-17-8-6-15-46(50)47-31-28-44(35-51(47)54)45(40-26-24-38(25-27-40)37-11-4-3-5-12-37)30-21-36-19-22-39(23-20-36)41-13-10-14-42(33-41)43-29-32-53-49(34-43)48-16-7-9-18-52(48)55-53/h3-8,11-12,15-17,19-20,22-24,26,29,32,34,41-42,44-45,48,52H,9-10,13-14,18,21,25,27-28,30-31,33,35H2,1-2H3/t41-,42?,44?,45?,48?,52?/m0/s1. The minimum atomic E-state index is 0.134. The van der Waals surface area contributed by atoms with Gasteiger partial charge in [-0.25, -0.2) is 0 Å². The van der Waals surface area contributed by atoms with Crippen LogP contribution in [0.4, 0.5) is 0 Å². The van der Waals surface area contributed by atoms with E-state index < -0.39 is 0 Å². The van der Waals surface area contributed by atoms with Crippen LogP contribution in [0.25, 0.3) is 11.1 Å². The minimum Gasteiger partial charge on any atom is -0.489 e. The molecule has 0 bridgehead atoms. The highest BCUT2D eigenvalue weighted by molar-refractivity contribution is 5.80. The Morgan fingerprint density at radius 2 is 1.56 bits per heavy atom. The molecule has 5 unspecified atom stereocenters. The fourth-order valence-electron chi connectivity index (χ4n) is 11.9. The molecule has 0 spiro atoms. The Hall–Kier alpha value is -4.36. The summed E-state index contributed by atoms with van der Waals surface area (Å²) >= 11 is 0. The van der Waals surface area contributed by atoms with Gasteiger partial charge in [-0.05, 0) is 151 Å². The average Bonchev–Trinajstić information content (AvgIpc) is 3.73. The SMILES string of the molecule is CC1(C)C2=C(CCC(C(CCc3ccc([C@H]4CCCC(c5ccc6c(c5)C5C=CCCC5O6)C4)cc3)C3=CC=C(c4ccccc4)CC3)C2)c2ccccc21. The third-order valence-corrected chi connectivity index (χ3v) is 15.0. The molecule has 1 aliphatic heterocycles. The first kappa shape index (κ1) is 35.1. The van der Waals surface area contributed by atoms with Gasteiger partial charge in [-0.1, -0.05) is 147 Å². The molecule has 0 N–H and O–H groups in total. The first-order valence-electron chi connectivity index (χ1n) is 21.8. The van der Waals surface area contributed by atoms with Crippen LogP contribution in [-0.2, 0) is 11.8 Å². The zero-order chi connectivity index (χ0) is 36.9. The lowest BCUT2D eigenvalue weighted by molar-refractivity contribution is 0.204. The number of ether oxygens (including phenoxy) is 1. The van der Waals surface area contributed by atoms with Crippen LogP contribution in [0, 0.1) is 11.8 Å². The molecule has 1 saturated carbocycles. The fourth-order valence-corrected chi connectivity index (χ4v) is 11.9. The van der Waals surface area contributed by atoms with E-state index in [2.05, 4.69) is 135 Å². The Morgan fingerprint density at radius 3 is 2.40 bits per heavy atom. The average molecular weight is 723 g/mol. The second-order valence-corrected chi connectivity index (χ2v) is 18.4. The number of hydrogen-bond donors (Lipinski definition) is 0. The van der Waals surface area contributed by atoms with Crippen LogP contribution in [0.3, 0.4) is 0 Å². The molecule has 5 aliphatic carbocycles. The van der Waals surface area contributed by atoms with Gasteiger partial charge < -0.3 is 4.74 Å². The summed E-state index contributed by atoms with van der Waals surface area (Å²) < 4.78 is 6.36. The summed E-state index contributed by atoms with van der Waals surface area (Å²) in [7, 11) is 0. The van der Waals surface area contributed by atoms with Crippen LogP contribution >= 0.6 is 0 Å². The third-order valence-electron chi connectivity index (χ3n) is 15.0. The van der Waals surface area contributed by atoms with Crippen molar-refractivity contribution in [1.82, 2.24) is 0 Å².